The van der Waals surface area contributed by atoms with Crippen LogP contribution in [0.2, 0.25) is 0 Å². The Hall–Kier alpha value is -1.29. The number of nitrogens with zero attached hydrogens (tertiary/aromatic N) is 1. The fourth-order valence-electron chi connectivity index (χ4n) is 2.17. The first-order valence-electron chi connectivity index (χ1n) is 8.22. The van der Waals surface area contributed by atoms with Gasteiger partial charge in [-0.25, -0.2) is 5.43 Å². The molecule has 0 heterocycles. The van der Waals surface area contributed by atoms with E-state index in [0.717, 1.165) is 18.4 Å². The predicted octanol–water partition coefficient (Wildman–Crippen LogP) is 5.00. The summed E-state index contributed by atoms with van der Waals surface area (Å²) in [6.07, 6.45) is 12.8. The maximum atomic E-state index is 11.6. The molecule has 0 fully saturated rings. The van der Waals surface area contributed by atoms with Crippen molar-refractivity contribution in [3.05, 3.63) is 29.8 Å². The molecule has 1 amide bonds. The van der Waals surface area contributed by atoms with Gasteiger partial charge in [0.15, 0.2) is 0 Å². The van der Waals surface area contributed by atoms with Gasteiger partial charge in [-0.3, -0.25) is 4.79 Å². The minimum atomic E-state index is 0.00513. The highest BCUT2D eigenvalue weighted by Crippen LogP contribution is 2.13. The van der Waals surface area contributed by atoms with Crippen molar-refractivity contribution in [1.82, 2.24) is 5.43 Å². The number of thioether (sulfide) groups is 1. The molecule has 0 spiro atoms. The summed E-state index contributed by atoms with van der Waals surface area (Å²) in [4.78, 5) is 12.9. The number of benzene rings is 1. The molecule has 3 nitrogen and oxygen atoms in total. The normalized spacial score (nSPS) is 11.0. The summed E-state index contributed by atoms with van der Waals surface area (Å²) in [7, 11) is 0. The van der Waals surface area contributed by atoms with Gasteiger partial charge in [0.25, 0.3) is 0 Å². The molecule has 0 aromatic heterocycles. The summed E-state index contributed by atoms with van der Waals surface area (Å²) in [5.74, 6) is 0.00513. The minimum absolute atomic E-state index is 0.00513. The lowest BCUT2D eigenvalue weighted by molar-refractivity contribution is -0.121. The van der Waals surface area contributed by atoms with Crippen LogP contribution in [0.4, 0.5) is 0 Å². The number of carbonyl (C=O) groups is 1. The molecule has 0 atom stereocenters. The van der Waals surface area contributed by atoms with E-state index in [9.17, 15) is 4.79 Å². The third-order valence-corrected chi connectivity index (χ3v) is 4.27. The van der Waals surface area contributed by atoms with E-state index in [1.165, 1.54) is 37.0 Å². The van der Waals surface area contributed by atoms with E-state index in [0.29, 0.717) is 6.42 Å². The van der Waals surface area contributed by atoms with Crippen LogP contribution in [0.25, 0.3) is 0 Å². The summed E-state index contributed by atoms with van der Waals surface area (Å²) >= 11 is 1.71. The molecule has 1 rings (SSSR count). The molecule has 0 unspecified atom stereocenters. The Bertz CT molecular complexity index is 443. The second-order valence-corrected chi connectivity index (χ2v) is 6.32. The van der Waals surface area contributed by atoms with Crippen LogP contribution in [0.5, 0.6) is 0 Å². The van der Waals surface area contributed by atoms with Crippen molar-refractivity contribution in [2.75, 3.05) is 6.26 Å². The third kappa shape index (κ3) is 8.88. The number of hydrogen-bond donors (Lipinski definition) is 1. The van der Waals surface area contributed by atoms with Crippen molar-refractivity contribution < 1.29 is 4.79 Å². The van der Waals surface area contributed by atoms with Crippen LogP contribution in [0.1, 0.15) is 63.9 Å². The van der Waals surface area contributed by atoms with Crippen molar-refractivity contribution in [2.24, 2.45) is 5.10 Å². The van der Waals surface area contributed by atoms with E-state index in [4.69, 9.17) is 0 Å². The van der Waals surface area contributed by atoms with Gasteiger partial charge in [-0.2, -0.15) is 5.10 Å². The number of carbonyl (C=O) groups excluding carboxylic acids is 1. The maximum absolute atomic E-state index is 11.6. The molecular weight excluding hydrogens is 292 g/mol. The molecule has 0 aliphatic rings. The molecule has 0 aliphatic carbocycles. The summed E-state index contributed by atoms with van der Waals surface area (Å²) in [5.41, 5.74) is 3.59. The monoisotopic (exact) mass is 320 g/mol. The Labute approximate surface area is 139 Å². The quantitative estimate of drug-likeness (QED) is 0.270. The molecule has 4 heteroatoms. The summed E-state index contributed by atoms with van der Waals surface area (Å²) in [5, 5.41) is 4.01. The van der Waals surface area contributed by atoms with E-state index < -0.39 is 0 Å². The van der Waals surface area contributed by atoms with Gasteiger partial charge < -0.3 is 0 Å². The molecule has 0 aliphatic heterocycles. The minimum Gasteiger partial charge on any atom is -0.273 e. The molecule has 1 aromatic carbocycles. The van der Waals surface area contributed by atoms with Gasteiger partial charge in [0.05, 0.1) is 6.21 Å². The molecular formula is C18H28N2OS. The van der Waals surface area contributed by atoms with Crippen LogP contribution in [-0.2, 0) is 4.79 Å². The van der Waals surface area contributed by atoms with Crippen LogP contribution in [0, 0.1) is 0 Å². The molecule has 0 saturated heterocycles. The zero-order valence-electron chi connectivity index (χ0n) is 13.8. The lowest BCUT2D eigenvalue weighted by Gasteiger charge is -2.01. The number of hydrogen-bond acceptors (Lipinski definition) is 3. The number of unbranched alkanes of at least 4 members (excludes halogenated alkanes) is 6. The van der Waals surface area contributed by atoms with E-state index in [-0.39, 0.29) is 5.91 Å². The lowest BCUT2D eigenvalue weighted by Crippen LogP contribution is -2.16. The first-order valence-corrected chi connectivity index (χ1v) is 9.44. The Morgan fingerprint density at radius 1 is 1.09 bits per heavy atom. The number of amides is 1. The third-order valence-electron chi connectivity index (χ3n) is 3.53. The van der Waals surface area contributed by atoms with Gasteiger partial charge in [-0.05, 0) is 30.4 Å². The standard InChI is InChI=1S/C18H28N2OS/c1-3-4-5-6-7-8-9-10-18(21)20-19-15-16-11-13-17(22-2)14-12-16/h11-15H,3-10H2,1-2H3,(H,20,21)/b19-15+. The average Bonchev–Trinajstić information content (AvgIpc) is 2.54. The summed E-state index contributed by atoms with van der Waals surface area (Å²) in [6, 6.07) is 8.09. The van der Waals surface area contributed by atoms with Crippen LogP contribution in [-0.4, -0.2) is 18.4 Å². The molecule has 122 valence electrons. The number of rotatable bonds is 11. The highest BCUT2D eigenvalue weighted by atomic mass is 32.2. The summed E-state index contributed by atoms with van der Waals surface area (Å²) < 4.78 is 0. The first kappa shape index (κ1) is 18.8. The Morgan fingerprint density at radius 3 is 2.36 bits per heavy atom. The highest BCUT2D eigenvalue weighted by Gasteiger charge is 1.99. The predicted molar refractivity (Wildman–Crippen MR) is 96.6 cm³/mol. The zero-order valence-corrected chi connectivity index (χ0v) is 14.6. The Balaban J connectivity index is 2.10. The first-order chi connectivity index (χ1) is 10.8. The van der Waals surface area contributed by atoms with Gasteiger partial charge in [0.1, 0.15) is 0 Å². The fraction of sp³-hybridized carbons (Fsp3) is 0.556. The van der Waals surface area contributed by atoms with Crippen molar-refractivity contribution in [3.63, 3.8) is 0 Å². The summed E-state index contributed by atoms with van der Waals surface area (Å²) in [6.45, 7) is 2.22. The van der Waals surface area contributed by atoms with Crippen LogP contribution < -0.4 is 5.43 Å². The van der Waals surface area contributed by atoms with E-state index in [2.05, 4.69) is 17.5 Å². The second kappa shape index (κ2) is 12.3. The Kier molecular flexibility index (Phi) is 10.5. The zero-order chi connectivity index (χ0) is 16.0. The number of hydrazone groups is 1. The van der Waals surface area contributed by atoms with Crippen molar-refractivity contribution in [1.29, 1.82) is 0 Å². The SMILES string of the molecule is CCCCCCCCCC(=O)N/N=C/c1ccc(SC)cc1. The molecule has 1 aromatic rings. The maximum Gasteiger partial charge on any atom is 0.240 e. The lowest BCUT2D eigenvalue weighted by atomic mass is 10.1. The van der Waals surface area contributed by atoms with E-state index >= 15 is 0 Å². The molecule has 0 radical (unpaired) electrons. The highest BCUT2D eigenvalue weighted by molar-refractivity contribution is 7.98. The van der Waals surface area contributed by atoms with Gasteiger partial charge in [-0.1, -0.05) is 57.6 Å². The van der Waals surface area contributed by atoms with Crippen molar-refractivity contribution >= 4 is 23.9 Å². The van der Waals surface area contributed by atoms with Crippen molar-refractivity contribution in [3.8, 4) is 0 Å². The van der Waals surface area contributed by atoms with E-state index in [1.807, 2.05) is 30.5 Å². The smallest absolute Gasteiger partial charge is 0.240 e. The molecule has 0 bridgehead atoms. The number of nitrogens with one attached hydrogen (secondary N) is 1. The average molecular weight is 321 g/mol. The van der Waals surface area contributed by atoms with Crippen molar-refractivity contribution in [2.45, 2.75) is 63.2 Å². The van der Waals surface area contributed by atoms with Crippen LogP contribution in [0.15, 0.2) is 34.3 Å². The largest absolute Gasteiger partial charge is 0.273 e. The van der Waals surface area contributed by atoms with Crippen LogP contribution >= 0.6 is 11.8 Å². The second-order valence-electron chi connectivity index (χ2n) is 5.44. The molecule has 1 N–H and O–H groups in total. The Morgan fingerprint density at radius 2 is 1.73 bits per heavy atom. The van der Waals surface area contributed by atoms with E-state index in [1.54, 1.807) is 18.0 Å². The van der Waals surface area contributed by atoms with Gasteiger partial charge in [0.2, 0.25) is 5.91 Å². The van der Waals surface area contributed by atoms with Crippen LogP contribution in [0.3, 0.4) is 0 Å². The van der Waals surface area contributed by atoms with Gasteiger partial charge in [0, 0.05) is 11.3 Å². The molecule has 0 saturated carbocycles. The fourth-order valence-corrected chi connectivity index (χ4v) is 2.58. The topological polar surface area (TPSA) is 41.5 Å². The van der Waals surface area contributed by atoms with Gasteiger partial charge >= 0.3 is 0 Å². The molecule has 22 heavy (non-hydrogen) atoms. The van der Waals surface area contributed by atoms with Gasteiger partial charge in [-0.15, -0.1) is 11.8 Å².